The molecule has 0 saturated heterocycles. The molecule has 1 aromatic rings. The van der Waals surface area contributed by atoms with Crippen molar-refractivity contribution in [3.8, 4) is 0 Å². The van der Waals surface area contributed by atoms with Crippen LogP contribution in [0.3, 0.4) is 0 Å². The minimum atomic E-state index is -1.33. The third-order valence-electron chi connectivity index (χ3n) is 2.63. The summed E-state index contributed by atoms with van der Waals surface area (Å²) in [6.07, 6.45) is 0.969. The molecule has 3 nitrogen and oxygen atoms in total. The van der Waals surface area contributed by atoms with E-state index in [4.69, 9.17) is 10.5 Å². The fraction of sp³-hybridized carbons (Fsp3) is 0.500. The van der Waals surface area contributed by atoms with Gasteiger partial charge < -0.3 is 15.6 Å². The molecule has 0 aliphatic carbocycles. The molecule has 0 amide bonds. The first kappa shape index (κ1) is 14.6. The fourth-order valence-electron chi connectivity index (χ4n) is 1.78. The molecular weight excluding hydrogens is 289 g/mol. The van der Waals surface area contributed by atoms with Crippen LogP contribution in [0.1, 0.15) is 18.4 Å². The Morgan fingerprint density at radius 3 is 2.82 bits per heavy atom. The van der Waals surface area contributed by atoms with Gasteiger partial charge in [-0.05, 0) is 41.4 Å². The first-order valence-electron chi connectivity index (χ1n) is 5.41. The Hall–Kier alpha value is -0.490. The van der Waals surface area contributed by atoms with Crippen molar-refractivity contribution in [3.63, 3.8) is 0 Å². The highest BCUT2D eigenvalue weighted by molar-refractivity contribution is 9.10. The minimum Gasteiger partial charge on any atom is -0.383 e. The second-order valence-electron chi connectivity index (χ2n) is 3.96. The number of nitrogens with two attached hydrogens (primary N) is 1. The lowest BCUT2D eigenvalue weighted by molar-refractivity contribution is -0.0453. The summed E-state index contributed by atoms with van der Waals surface area (Å²) < 4.78 is 19.3. The number of benzene rings is 1. The lowest BCUT2D eigenvalue weighted by atomic mass is 9.89. The number of halogens is 2. The van der Waals surface area contributed by atoms with E-state index in [1.54, 1.807) is 18.2 Å². The zero-order valence-corrected chi connectivity index (χ0v) is 11.3. The van der Waals surface area contributed by atoms with Crippen LogP contribution in [-0.4, -0.2) is 25.4 Å². The van der Waals surface area contributed by atoms with Crippen LogP contribution >= 0.6 is 15.9 Å². The molecule has 0 radical (unpaired) electrons. The number of hydrogen-bond donors (Lipinski definition) is 2. The van der Waals surface area contributed by atoms with Gasteiger partial charge in [-0.25, -0.2) is 4.39 Å². The van der Waals surface area contributed by atoms with E-state index in [9.17, 15) is 9.50 Å². The maximum absolute atomic E-state index is 14.0. The van der Waals surface area contributed by atoms with Crippen molar-refractivity contribution in [1.82, 2.24) is 0 Å². The van der Waals surface area contributed by atoms with Crippen LogP contribution in [0.25, 0.3) is 0 Å². The van der Waals surface area contributed by atoms with E-state index in [2.05, 4.69) is 15.9 Å². The molecule has 0 bridgehead atoms. The molecule has 96 valence electrons. The Bertz CT molecular complexity index is 376. The molecule has 5 heteroatoms. The number of aliphatic hydroxyl groups is 1. The molecule has 0 spiro atoms. The van der Waals surface area contributed by atoms with Gasteiger partial charge in [-0.15, -0.1) is 0 Å². The summed E-state index contributed by atoms with van der Waals surface area (Å²) >= 11 is 3.11. The molecule has 0 aliphatic rings. The maximum Gasteiger partial charge on any atom is 0.143 e. The highest BCUT2D eigenvalue weighted by Crippen LogP contribution is 2.31. The van der Waals surface area contributed by atoms with Crippen LogP contribution in [0.15, 0.2) is 22.7 Å². The summed E-state index contributed by atoms with van der Waals surface area (Å²) in [5.41, 5.74) is 4.33. The number of hydrogen-bond acceptors (Lipinski definition) is 3. The Morgan fingerprint density at radius 1 is 1.53 bits per heavy atom. The average molecular weight is 306 g/mol. The third-order valence-corrected chi connectivity index (χ3v) is 3.24. The average Bonchev–Trinajstić information content (AvgIpc) is 2.30. The largest absolute Gasteiger partial charge is 0.383 e. The van der Waals surface area contributed by atoms with Crippen molar-refractivity contribution in [2.45, 2.75) is 18.4 Å². The Balaban J connectivity index is 3.08. The predicted molar refractivity (Wildman–Crippen MR) is 68.2 cm³/mol. The van der Waals surface area contributed by atoms with Gasteiger partial charge in [0.25, 0.3) is 0 Å². The first-order valence-corrected chi connectivity index (χ1v) is 6.20. The van der Waals surface area contributed by atoms with E-state index < -0.39 is 11.4 Å². The SMILES string of the molecule is COCC(O)(CCCN)c1cccc(Br)c1F. The van der Waals surface area contributed by atoms with Crippen molar-refractivity contribution in [3.05, 3.63) is 34.1 Å². The number of rotatable bonds is 6. The lowest BCUT2D eigenvalue weighted by Crippen LogP contribution is -2.33. The smallest absolute Gasteiger partial charge is 0.143 e. The molecule has 0 aliphatic heterocycles. The maximum atomic E-state index is 14.0. The van der Waals surface area contributed by atoms with Gasteiger partial charge in [0, 0.05) is 12.7 Å². The van der Waals surface area contributed by atoms with E-state index in [0.29, 0.717) is 23.9 Å². The molecule has 1 atom stereocenters. The molecular formula is C12H17BrFNO2. The normalized spacial score (nSPS) is 14.6. The molecule has 0 aromatic heterocycles. The van der Waals surface area contributed by atoms with E-state index in [1.807, 2.05) is 0 Å². The fourth-order valence-corrected chi connectivity index (χ4v) is 2.15. The first-order chi connectivity index (χ1) is 8.05. The number of methoxy groups -OCH3 is 1. The molecule has 0 fully saturated rings. The van der Waals surface area contributed by atoms with Crippen LogP contribution in [0, 0.1) is 5.82 Å². The van der Waals surface area contributed by atoms with Crippen LogP contribution in [0.4, 0.5) is 4.39 Å². The van der Waals surface area contributed by atoms with Gasteiger partial charge in [0.05, 0.1) is 11.1 Å². The van der Waals surface area contributed by atoms with E-state index in [-0.39, 0.29) is 12.2 Å². The van der Waals surface area contributed by atoms with Crippen LogP contribution in [0.2, 0.25) is 0 Å². The highest BCUT2D eigenvalue weighted by Gasteiger charge is 2.32. The monoisotopic (exact) mass is 305 g/mol. The lowest BCUT2D eigenvalue weighted by Gasteiger charge is -2.28. The van der Waals surface area contributed by atoms with E-state index in [1.165, 1.54) is 7.11 Å². The van der Waals surface area contributed by atoms with Crippen molar-refractivity contribution in [1.29, 1.82) is 0 Å². The van der Waals surface area contributed by atoms with E-state index in [0.717, 1.165) is 0 Å². The quantitative estimate of drug-likeness (QED) is 0.847. The molecule has 3 N–H and O–H groups in total. The Morgan fingerprint density at radius 2 is 2.24 bits per heavy atom. The van der Waals surface area contributed by atoms with Crippen molar-refractivity contribution >= 4 is 15.9 Å². The summed E-state index contributed by atoms with van der Waals surface area (Å²) in [7, 11) is 1.48. The zero-order chi connectivity index (χ0) is 12.9. The van der Waals surface area contributed by atoms with Gasteiger partial charge in [0.15, 0.2) is 0 Å². The summed E-state index contributed by atoms with van der Waals surface area (Å²) in [4.78, 5) is 0. The van der Waals surface area contributed by atoms with Crippen molar-refractivity contribution in [2.24, 2.45) is 5.73 Å². The van der Waals surface area contributed by atoms with Gasteiger partial charge >= 0.3 is 0 Å². The second-order valence-corrected chi connectivity index (χ2v) is 4.81. The van der Waals surface area contributed by atoms with Gasteiger partial charge in [-0.1, -0.05) is 12.1 Å². The zero-order valence-electron chi connectivity index (χ0n) is 9.75. The summed E-state index contributed by atoms with van der Waals surface area (Å²) in [5, 5.41) is 10.5. The van der Waals surface area contributed by atoms with Crippen molar-refractivity contribution in [2.75, 3.05) is 20.3 Å². The van der Waals surface area contributed by atoms with Crippen molar-refractivity contribution < 1.29 is 14.2 Å². The minimum absolute atomic E-state index is 0.0420. The topological polar surface area (TPSA) is 55.5 Å². The standard InChI is InChI=1S/C12H17BrFNO2/c1-17-8-12(16,6-3-7-15)9-4-2-5-10(13)11(9)14/h2,4-5,16H,3,6-8,15H2,1H3. The van der Waals surface area contributed by atoms with E-state index >= 15 is 0 Å². The summed E-state index contributed by atoms with van der Waals surface area (Å²) in [5.74, 6) is -0.455. The molecule has 1 unspecified atom stereocenters. The summed E-state index contributed by atoms with van der Waals surface area (Å²) in [6.45, 7) is 0.488. The van der Waals surface area contributed by atoms with Crippen LogP contribution in [0.5, 0.6) is 0 Å². The summed E-state index contributed by atoms with van der Waals surface area (Å²) in [6, 6.07) is 4.84. The Labute approximate surface area is 109 Å². The molecule has 0 saturated carbocycles. The highest BCUT2D eigenvalue weighted by atomic mass is 79.9. The van der Waals surface area contributed by atoms with Gasteiger partial charge in [-0.2, -0.15) is 0 Å². The van der Waals surface area contributed by atoms with Crippen LogP contribution < -0.4 is 5.73 Å². The molecule has 17 heavy (non-hydrogen) atoms. The second kappa shape index (κ2) is 6.44. The van der Waals surface area contributed by atoms with Gasteiger partial charge in [0.1, 0.15) is 11.4 Å². The third kappa shape index (κ3) is 3.48. The van der Waals surface area contributed by atoms with Crippen LogP contribution in [-0.2, 0) is 10.3 Å². The molecule has 1 aromatic carbocycles. The van der Waals surface area contributed by atoms with Gasteiger partial charge in [0.2, 0.25) is 0 Å². The number of ether oxygens (including phenoxy) is 1. The van der Waals surface area contributed by atoms with Gasteiger partial charge in [-0.3, -0.25) is 0 Å². The molecule has 1 rings (SSSR count). The Kier molecular flexibility index (Phi) is 5.52. The predicted octanol–water partition coefficient (Wildman–Crippen LogP) is 2.16. The molecule has 0 heterocycles.